The molecule has 1 heteroatoms. The van der Waals surface area contributed by atoms with Gasteiger partial charge < -0.3 is 4.57 Å². The van der Waals surface area contributed by atoms with E-state index in [9.17, 15) is 0 Å². The predicted molar refractivity (Wildman–Crippen MR) is 171 cm³/mol. The zero-order valence-electron chi connectivity index (χ0n) is 22.6. The Kier molecular flexibility index (Phi) is 4.18. The Bertz CT molecular complexity index is 2350. The Morgan fingerprint density at radius 3 is 2.08 bits per heavy atom. The normalized spacial score (nSPS) is 13.9. The summed E-state index contributed by atoms with van der Waals surface area (Å²) in [5.74, 6) is 0. The molecule has 9 rings (SSSR count). The van der Waals surface area contributed by atoms with Crippen molar-refractivity contribution in [1.82, 2.24) is 4.57 Å². The van der Waals surface area contributed by atoms with Crippen molar-refractivity contribution >= 4 is 54.1 Å². The molecule has 0 aliphatic heterocycles. The van der Waals surface area contributed by atoms with E-state index >= 15 is 0 Å². The summed E-state index contributed by atoms with van der Waals surface area (Å²) in [6.45, 7) is 4.75. The Morgan fingerprint density at radius 1 is 0.500 bits per heavy atom. The van der Waals surface area contributed by atoms with Gasteiger partial charge in [0.05, 0.1) is 11.0 Å². The lowest BCUT2D eigenvalue weighted by molar-refractivity contribution is 0.645. The third-order valence-electron chi connectivity index (χ3n) is 9.33. The summed E-state index contributed by atoms with van der Waals surface area (Å²) in [6, 6.07) is 47.4. The zero-order valence-corrected chi connectivity index (χ0v) is 22.6. The van der Waals surface area contributed by atoms with Crippen LogP contribution in [0.2, 0.25) is 0 Å². The first kappa shape index (κ1) is 22.0. The lowest BCUT2D eigenvalue weighted by Crippen LogP contribution is -2.23. The third-order valence-corrected chi connectivity index (χ3v) is 9.33. The van der Waals surface area contributed by atoms with Crippen molar-refractivity contribution in [1.29, 1.82) is 0 Å². The van der Waals surface area contributed by atoms with Crippen molar-refractivity contribution in [2.24, 2.45) is 0 Å². The minimum absolute atomic E-state index is 0.0739. The van der Waals surface area contributed by atoms with Crippen LogP contribution in [0.25, 0.3) is 70.9 Å². The third kappa shape index (κ3) is 2.72. The van der Waals surface area contributed by atoms with E-state index in [1.165, 1.54) is 82.1 Å². The Labute approximate surface area is 232 Å². The maximum absolute atomic E-state index is 2.52. The summed E-state index contributed by atoms with van der Waals surface area (Å²) < 4.78 is 2.52. The SMILES string of the molecule is CC1(C)c2ccccc2-c2c3c1cccc3cc1c3ccccc3n(-c3ccc4ccc5ccccc5c4c3)c21. The fraction of sp³-hybridized carbons (Fsp3) is 0.0769. The second-order valence-corrected chi connectivity index (χ2v) is 11.8. The monoisotopic (exact) mass is 509 g/mol. The average molecular weight is 510 g/mol. The quantitative estimate of drug-likeness (QED) is 0.194. The van der Waals surface area contributed by atoms with Gasteiger partial charge in [0.1, 0.15) is 0 Å². The second kappa shape index (κ2) is 7.61. The average Bonchev–Trinajstić information content (AvgIpc) is 3.33. The summed E-state index contributed by atoms with van der Waals surface area (Å²) in [5.41, 5.74) is 9.16. The van der Waals surface area contributed by atoms with Crippen LogP contribution >= 0.6 is 0 Å². The van der Waals surface area contributed by atoms with Crippen molar-refractivity contribution < 1.29 is 0 Å². The summed E-state index contributed by atoms with van der Waals surface area (Å²) in [6.07, 6.45) is 0. The fourth-order valence-corrected chi connectivity index (χ4v) is 7.47. The molecule has 0 atom stereocenters. The fourth-order valence-electron chi connectivity index (χ4n) is 7.47. The summed E-state index contributed by atoms with van der Waals surface area (Å²) in [5, 5.41) is 10.4. The number of hydrogen-bond donors (Lipinski definition) is 0. The molecule has 0 unspecified atom stereocenters. The predicted octanol–water partition coefficient (Wildman–Crippen LogP) is 10.5. The molecule has 0 fully saturated rings. The Balaban J connectivity index is 1.52. The van der Waals surface area contributed by atoms with E-state index in [-0.39, 0.29) is 5.41 Å². The number of aromatic nitrogens is 1. The molecule has 1 heterocycles. The summed E-state index contributed by atoms with van der Waals surface area (Å²) >= 11 is 0. The van der Waals surface area contributed by atoms with Crippen molar-refractivity contribution in [3.63, 3.8) is 0 Å². The largest absolute Gasteiger partial charge is 0.309 e. The van der Waals surface area contributed by atoms with E-state index in [1.54, 1.807) is 0 Å². The zero-order chi connectivity index (χ0) is 26.6. The number of hydrogen-bond acceptors (Lipinski definition) is 0. The van der Waals surface area contributed by atoms with E-state index < -0.39 is 0 Å². The highest BCUT2D eigenvalue weighted by Crippen LogP contribution is 2.52. The highest BCUT2D eigenvalue weighted by molar-refractivity contribution is 6.23. The van der Waals surface area contributed by atoms with Crippen molar-refractivity contribution in [2.45, 2.75) is 19.3 Å². The van der Waals surface area contributed by atoms with Gasteiger partial charge in [-0.3, -0.25) is 0 Å². The lowest BCUT2D eigenvalue weighted by atomic mass is 9.68. The molecule has 0 saturated carbocycles. The maximum Gasteiger partial charge on any atom is 0.0626 e. The molecule has 0 radical (unpaired) electrons. The molecule has 188 valence electrons. The molecular weight excluding hydrogens is 482 g/mol. The van der Waals surface area contributed by atoms with Crippen LogP contribution in [0.5, 0.6) is 0 Å². The number of benzene rings is 7. The van der Waals surface area contributed by atoms with E-state index in [4.69, 9.17) is 0 Å². The molecule has 0 bridgehead atoms. The Hall–Kier alpha value is -4.88. The molecular formula is C39H27N. The molecule has 0 saturated heterocycles. The molecule has 1 nitrogen and oxygen atoms in total. The summed E-state index contributed by atoms with van der Waals surface area (Å²) in [7, 11) is 0. The van der Waals surface area contributed by atoms with Gasteiger partial charge in [0.25, 0.3) is 0 Å². The van der Waals surface area contributed by atoms with Gasteiger partial charge >= 0.3 is 0 Å². The van der Waals surface area contributed by atoms with Crippen molar-refractivity contribution in [3.05, 3.63) is 139 Å². The molecule has 0 N–H and O–H groups in total. The molecule has 40 heavy (non-hydrogen) atoms. The van der Waals surface area contributed by atoms with E-state index in [0.29, 0.717) is 0 Å². The van der Waals surface area contributed by atoms with Crippen LogP contribution in [0.1, 0.15) is 25.0 Å². The number of fused-ring (bicyclic) bond motifs is 9. The molecule has 1 aliphatic carbocycles. The highest BCUT2D eigenvalue weighted by atomic mass is 15.0. The smallest absolute Gasteiger partial charge is 0.0626 e. The van der Waals surface area contributed by atoms with Crippen LogP contribution in [0.4, 0.5) is 0 Å². The van der Waals surface area contributed by atoms with Gasteiger partial charge in [0, 0.05) is 27.4 Å². The van der Waals surface area contributed by atoms with E-state index in [0.717, 1.165) is 0 Å². The first-order chi connectivity index (χ1) is 19.6. The minimum Gasteiger partial charge on any atom is -0.309 e. The van der Waals surface area contributed by atoms with E-state index in [2.05, 4.69) is 146 Å². The van der Waals surface area contributed by atoms with Gasteiger partial charge in [-0.1, -0.05) is 117 Å². The van der Waals surface area contributed by atoms with E-state index in [1.807, 2.05) is 0 Å². The Morgan fingerprint density at radius 2 is 1.18 bits per heavy atom. The van der Waals surface area contributed by atoms with Gasteiger partial charge in [0.2, 0.25) is 0 Å². The first-order valence-corrected chi connectivity index (χ1v) is 14.1. The minimum atomic E-state index is -0.0739. The van der Waals surface area contributed by atoms with Crippen LogP contribution in [-0.2, 0) is 5.41 Å². The van der Waals surface area contributed by atoms with Crippen LogP contribution in [0.3, 0.4) is 0 Å². The highest BCUT2D eigenvalue weighted by Gasteiger charge is 2.35. The summed E-state index contributed by atoms with van der Waals surface area (Å²) in [4.78, 5) is 0. The van der Waals surface area contributed by atoms with Crippen molar-refractivity contribution in [3.8, 4) is 16.8 Å². The van der Waals surface area contributed by atoms with Gasteiger partial charge in [-0.05, 0) is 73.3 Å². The van der Waals surface area contributed by atoms with Gasteiger partial charge in [-0.25, -0.2) is 0 Å². The number of rotatable bonds is 1. The molecule has 0 amide bonds. The standard InChI is InChI=1S/C39H27N/c1-39(2)33-15-7-5-14-30(33)37-36-26(11-9-16-34(36)39)22-32-29-13-6-8-17-35(29)40(38(32)37)27-21-20-25-19-18-24-10-3-4-12-28(24)31(25)23-27/h3-23H,1-2H3. The van der Waals surface area contributed by atoms with Crippen LogP contribution < -0.4 is 0 Å². The van der Waals surface area contributed by atoms with Gasteiger partial charge in [-0.2, -0.15) is 0 Å². The van der Waals surface area contributed by atoms with Crippen molar-refractivity contribution in [2.75, 3.05) is 0 Å². The molecule has 0 spiro atoms. The second-order valence-electron chi connectivity index (χ2n) is 11.8. The number of nitrogens with zero attached hydrogens (tertiary/aromatic N) is 1. The van der Waals surface area contributed by atoms with Gasteiger partial charge in [-0.15, -0.1) is 0 Å². The topological polar surface area (TPSA) is 4.93 Å². The van der Waals surface area contributed by atoms with Gasteiger partial charge in [0.15, 0.2) is 0 Å². The van der Waals surface area contributed by atoms with Crippen LogP contribution in [-0.4, -0.2) is 4.57 Å². The van der Waals surface area contributed by atoms with Crippen LogP contribution in [0, 0.1) is 0 Å². The maximum atomic E-state index is 2.52. The first-order valence-electron chi connectivity index (χ1n) is 14.1. The molecule has 1 aromatic heterocycles. The molecule has 1 aliphatic rings. The number of para-hydroxylation sites is 1. The molecule has 7 aromatic carbocycles. The lowest BCUT2D eigenvalue weighted by Gasteiger charge is -2.35. The van der Waals surface area contributed by atoms with Crippen LogP contribution in [0.15, 0.2) is 127 Å². The molecule has 8 aromatic rings.